The zero-order valence-corrected chi connectivity index (χ0v) is 14.7. The van der Waals surface area contributed by atoms with Crippen LogP contribution < -0.4 is 4.90 Å². The molecule has 4 rings (SSSR count). The summed E-state index contributed by atoms with van der Waals surface area (Å²) < 4.78 is 1.93. The molecule has 0 saturated carbocycles. The highest BCUT2D eigenvalue weighted by molar-refractivity contribution is 5.94. The molecule has 0 radical (unpaired) electrons. The van der Waals surface area contributed by atoms with E-state index in [1.807, 2.05) is 77.3 Å². The summed E-state index contributed by atoms with van der Waals surface area (Å²) in [5.74, 6) is 1.74. The third-order valence-electron chi connectivity index (χ3n) is 4.69. The van der Waals surface area contributed by atoms with Crippen LogP contribution in [0.3, 0.4) is 0 Å². The number of anilines is 1. The maximum absolute atomic E-state index is 12.6. The lowest BCUT2D eigenvalue weighted by atomic mass is 10.1. The first-order valence-corrected chi connectivity index (χ1v) is 8.79. The fourth-order valence-electron chi connectivity index (χ4n) is 3.13. The van der Waals surface area contributed by atoms with Crippen molar-refractivity contribution in [3.63, 3.8) is 0 Å². The summed E-state index contributed by atoms with van der Waals surface area (Å²) in [4.78, 5) is 16.7. The van der Waals surface area contributed by atoms with E-state index in [1.54, 1.807) is 0 Å². The van der Waals surface area contributed by atoms with Gasteiger partial charge < -0.3 is 14.4 Å². The molecule has 0 N–H and O–H groups in total. The van der Waals surface area contributed by atoms with Crippen LogP contribution in [0.15, 0.2) is 60.9 Å². The molecule has 1 aliphatic rings. The van der Waals surface area contributed by atoms with Gasteiger partial charge in [0.25, 0.3) is 5.91 Å². The second kappa shape index (κ2) is 7.00. The minimum Gasteiger partial charge on any atom is -0.352 e. The number of hydrogen-bond acceptors (Lipinski definition) is 4. The van der Waals surface area contributed by atoms with Crippen LogP contribution in [0.4, 0.5) is 5.82 Å². The number of piperazine rings is 1. The standard InChI is InChI=1S/C20H21N5O/c1-16-4-6-17(7-5-16)20(26)25-14-12-24(13-15-25)19-9-8-18(21-22-19)23-10-2-3-11-23/h2-11H,12-15H2,1H3. The summed E-state index contributed by atoms with van der Waals surface area (Å²) in [6.07, 6.45) is 3.89. The van der Waals surface area contributed by atoms with Crippen molar-refractivity contribution >= 4 is 11.7 Å². The molecule has 1 amide bonds. The van der Waals surface area contributed by atoms with Gasteiger partial charge in [0, 0.05) is 44.1 Å². The van der Waals surface area contributed by atoms with E-state index in [9.17, 15) is 4.79 Å². The van der Waals surface area contributed by atoms with E-state index < -0.39 is 0 Å². The third-order valence-corrected chi connectivity index (χ3v) is 4.69. The molecule has 2 aromatic heterocycles. The van der Waals surface area contributed by atoms with E-state index in [-0.39, 0.29) is 5.91 Å². The molecular formula is C20H21N5O. The Balaban J connectivity index is 1.39. The Hall–Kier alpha value is -3.15. The zero-order valence-electron chi connectivity index (χ0n) is 14.7. The van der Waals surface area contributed by atoms with Gasteiger partial charge in [-0.15, -0.1) is 10.2 Å². The average molecular weight is 347 g/mol. The fraction of sp³-hybridized carbons (Fsp3) is 0.250. The van der Waals surface area contributed by atoms with Crippen LogP contribution in [0.2, 0.25) is 0 Å². The van der Waals surface area contributed by atoms with Crippen molar-refractivity contribution in [1.29, 1.82) is 0 Å². The molecule has 0 spiro atoms. The first-order valence-electron chi connectivity index (χ1n) is 8.79. The highest BCUT2D eigenvalue weighted by atomic mass is 16.2. The molecule has 6 nitrogen and oxygen atoms in total. The van der Waals surface area contributed by atoms with E-state index in [4.69, 9.17) is 0 Å². The zero-order chi connectivity index (χ0) is 17.9. The number of aromatic nitrogens is 3. The lowest BCUT2D eigenvalue weighted by molar-refractivity contribution is 0.0746. The van der Waals surface area contributed by atoms with Gasteiger partial charge in [0.05, 0.1) is 0 Å². The maximum atomic E-state index is 12.6. The van der Waals surface area contributed by atoms with E-state index in [0.717, 1.165) is 35.9 Å². The van der Waals surface area contributed by atoms with E-state index >= 15 is 0 Å². The van der Waals surface area contributed by atoms with Crippen LogP contribution in [0.5, 0.6) is 0 Å². The van der Waals surface area contributed by atoms with Gasteiger partial charge in [0.15, 0.2) is 11.6 Å². The van der Waals surface area contributed by atoms with Gasteiger partial charge in [-0.25, -0.2) is 0 Å². The van der Waals surface area contributed by atoms with Gasteiger partial charge in [0.1, 0.15) is 0 Å². The quantitative estimate of drug-likeness (QED) is 0.731. The molecule has 1 saturated heterocycles. The smallest absolute Gasteiger partial charge is 0.253 e. The van der Waals surface area contributed by atoms with Crippen molar-refractivity contribution in [1.82, 2.24) is 19.7 Å². The van der Waals surface area contributed by atoms with Crippen molar-refractivity contribution < 1.29 is 4.79 Å². The van der Waals surface area contributed by atoms with Gasteiger partial charge in [0.2, 0.25) is 0 Å². The first kappa shape index (κ1) is 16.3. The molecule has 0 unspecified atom stereocenters. The number of carbonyl (C=O) groups excluding carboxylic acids is 1. The molecule has 0 bridgehead atoms. The third kappa shape index (κ3) is 3.31. The monoisotopic (exact) mass is 347 g/mol. The Morgan fingerprint density at radius 1 is 0.846 bits per heavy atom. The molecule has 0 atom stereocenters. The minimum atomic E-state index is 0.0960. The predicted octanol–water partition coefficient (Wildman–Crippen LogP) is 2.54. The number of hydrogen-bond donors (Lipinski definition) is 0. The molecule has 6 heteroatoms. The summed E-state index contributed by atoms with van der Waals surface area (Å²) in [6, 6.07) is 15.6. The maximum Gasteiger partial charge on any atom is 0.253 e. The van der Waals surface area contributed by atoms with Gasteiger partial charge in [-0.2, -0.15) is 0 Å². The van der Waals surface area contributed by atoms with Crippen LogP contribution >= 0.6 is 0 Å². The Morgan fingerprint density at radius 2 is 1.46 bits per heavy atom. The molecule has 1 aromatic carbocycles. The summed E-state index contributed by atoms with van der Waals surface area (Å²) in [6.45, 7) is 4.92. The van der Waals surface area contributed by atoms with E-state index in [2.05, 4.69) is 15.1 Å². The Labute approximate surface area is 152 Å². The Bertz CT molecular complexity index is 864. The number of amides is 1. The van der Waals surface area contributed by atoms with Crippen LogP contribution in [0.1, 0.15) is 15.9 Å². The minimum absolute atomic E-state index is 0.0960. The van der Waals surface area contributed by atoms with Gasteiger partial charge in [-0.1, -0.05) is 17.7 Å². The number of benzene rings is 1. The second-order valence-corrected chi connectivity index (χ2v) is 6.49. The number of carbonyl (C=O) groups is 1. The number of nitrogens with zero attached hydrogens (tertiary/aromatic N) is 5. The van der Waals surface area contributed by atoms with E-state index in [1.165, 1.54) is 0 Å². The molecule has 3 heterocycles. The highest BCUT2D eigenvalue weighted by Gasteiger charge is 2.23. The predicted molar refractivity (Wildman–Crippen MR) is 101 cm³/mol. The van der Waals surface area contributed by atoms with Crippen LogP contribution in [0, 0.1) is 6.92 Å². The summed E-state index contributed by atoms with van der Waals surface area (Å²) in [7, 11) is 0. The molecule has 26 heavy (non-hydrogen) atoms. The fourth-order valence-corrected chi connectivity index (χ4v) is 3.13. The normalized spacial score (nSPS) is 14.5. The molecular weight excluding hydrogens is 326 g/mol. The SMILES string of the molecule is Cc1ccc(C(=O)N2CCN(c3ccc(-n4cccc4)nn3)CC2)cc1. The second-order valence-electron chi connectivity index (χ2n) is 6.49. The van der Waals surface area contributed by atoms with E-state index in [0.29, 0.717) is 13.1 Å². The van der Waals surface area contributed by atoms with Gasteiger partial charge in [-0.05, 0) is 43.3 Å². The summed E-state index contributed by atoms with van der Waals surface area (Å²) in [5.41, 5.74) is 1.91. The van der Waals surface area contributed by atoms with Crippen molar-refractivity contribution in [2.75, 3.05) is 31.1 Å². The number of aryl methyl sites for hydroxylation is 1. The van der Waals surface area contributed by atoms with Crippen molar-refractivity contribution in [2.45, 2.75) is 6.92 Å². The topological polar surface area (TPSA) is 54.3 Å². The largest absolute Gasteiger partial charge is 0.352 e. The van der Waals surface area contributed by atoms with Gasteiger partial charge in [-0.3, -0.25) is 4.79 Å². The van der Waals surface area contributed by atoms with Crippen LogP contribution in [-0.4, -0.2) is 51.8 Å². The molecule has 0 aliphatic carbocycles. The Morgan fingerprint density at radius 3 is 2.08 bits per heavy atom. The molecule has 3 aromatic rings. The molecule has 132 valence electrons. The molecule has 1 aliphatic heterocycles. The van der Waals surface area contributed by atoms with Crippen molar-refractivity contribution in [3.05, 3.63) is 72.1 Å². The summed E-state index contributed by atoms with van der Waals surface area (Å²) >= 11 is 0. The van der Waals surface area contributed by atoms with Crippen LogP contribution in [0.25, 0.3) is 5.82 Å². The highest BCUT2D eigenvalue weighted by Crippen LogP contribution is 2.16. The lowest BCUT2D eigenvalue weighted by Gasteiger charge is -2.35. The Kier molecular flexibility index (Phi) is 4.39. The number of rotatable bonds is 3. The van der Waals surface area contributed by atoms with Crippen molar-refractivity contribution in [3.8, 4) is 5.82 Å². The first-order chi connectivity index (χ1) is 12.7. The van der Waals surface area contributed by atoms with Gasteiger partial charge >= 0.3 is 0 Å². The lowest BCUT2D eigenvalue weighted by Crippen LogP contribution is -2.49. The average Bonchev–Trinajstić information content (AvgIpc) is 3.23. The van der Waals surface area contributed by atoms with Crippen LogP contribution in [-0.2, 0) is 0 Å². The van der Waals surface area contributed by atoms with Crippen molar-refractivity contribution in [2.24, 2.45) is 0 Å². The summed E-state index contributed by atoms with van der Waals surface area (Å²) in [5, 5.41) is 8.64. The molecule has 1 fully saturated rings.